The van der Waals surface area contributed by atoms with Gasteiger partial charge in [-0.05, 0) is 27.5 Å². The summed E-state index contributed by atoms with van der Waals surface area (Å²) in [4.78, 5) is 3.87. The van der Waals surface area contributed by atoms with E-state index >= 15 is 0 Å². The van der Waals surface area contributed by atoms with Crippen LogP contribution in [0.2, 0.25) is 0 Å². The van der Waals surface area contributed by atoms with Gasteiger partial charge in [-0.1, -0.05) is 0 Å². The number of guanidine groups is 1. The fourth-order valence-corrected chi connectivity index (χ4v) is 2.24. The highest BCUT2D eigenvalue weighted by atomic mass is 79.9. The monoisotopic (exact) mass is 316 g/mol. The van der Waals surface area contributed by atoms with Gasteiger partial charge in [-0.25, -0.2) is 0 Å². The van der Waals surface area contributed by atoms with Crippen LogP contribution in [-0.2, 0) is 6.54 Å². The molecule has 1 aromatic rings. The Labute approximate surface area is 112 Å². The minimum Gasteiger partial charge on any atom is -0.354 e. The second kappa shape index (κ2) is 8.00. The zero-order valence-electron chi connectivity index (χ0n) is 9.33. The Hall–Kier alpha value is -1.17. The summed E-state index contributed by atoms with van der Waals surface area (Å²) in [5, 5.41) is 19.0. The maximum Gasteiger partial charge on any atom is 0.204 e. The number of rotatable bonds is 5. The van der Waals surface area contributed by atoms with Crippen molar-refractivity contribution in [3.05, 3.63) is 15.5 Å². The number of nitrogens with one attached hydrogen (secondary N) is 3. The first-order chi connectivity index (χ1) is 8.27. The number of nitriles is 1. The van der Waals surface area contributed by atoms with Crippen molar-refractivity contribution in [1.82, 2.24) is 20.3 Å². The molecular formula is C9H13BrN6S. The molecule has 1 rings (SSSR count). The highest BCUT2D eigenvalue weighted by Crippen LogP contribution is 2.16. The van der Waals surface area contributed by atoms with E-state index in [9.17, 15) is 0 Å². The Kier molecular flexibility index (Phi) is 6.54. The first kappa shape index (κ1) is 13.9. The lowest BCUT2D eigenvalue weighted by Gasteiger charge is -2.07. The molecule has 3 N–H and O–H groups in total. The van der Waals surface area contributed by atoms with Gasteiger partial charge in [-0.3, -0.25) is 10.3 Å². The van der Waals surface area contributed by atoms with Crippen LogP contribution in [0.5, 0.6) is 0 Å². The molecular weight excluding hydrogens is 304 g/mol. The van der Waals surface area contributed by atoms with Crippen LogP contribution in [0.25, 0.3) is 0 Å². The van der Waals surface area contributed by atoms with Crippen LogP contribution in [0.3, 0.4) is 0 Å². The SMILES string of the molecule is CN=C(NC#N)NCCNCc1nscc1Br. The Balaban J connectivity index is 2.13. The van der Waals surface area contributed by atoms with Crippen molar-refractivity contribution in [2.75, 3.05) is 20.1 Å². The van der Waals surface area contributed by atoms with E-state index in [0.717, 1.165) is 23.3 Å². The lowest BCUT2D eigenvalue weighted by atomic mass is 10.4. The first-order valence-corrected chi connectivity index (χ1v) is 6.56. The normalized spacial score (nSPS) is 11.0. The van der Waals surface area contributed by atoms with E-state index < -0.39 is 0 Å². The summed E-state index contributed by atoms with van der Waals surface area (Å²) < 4.78 is 5.26. The number of aliphatic imine (C=N–C) groups is 1. The molecule has 1 heterocycles. The minimum absolute atomic E-state index is 0.476. The van der Waals surface area contributed by atoms with Crippen LogP contribution in [0.15, 0.2) is 14.8 Å². The topological polar surface area (TPSA) is 85.1 Å². The van der Waals surface area contributed by atoms with Gasteiger partial charge in [0.1, 0.15) is 0 Å². The molecule has 0 bridgehead atoms. The Morgan fingerprint density at radius 3 is 3.06 bits per heavy atom. The van der Waals surface area contributed by atoms with Crippen LogP contribution in [0.4, 0.5) is 0 Å². The number of hydrogen-bond acceptors (Lipinski definition) is 5. The van der Waals surface area contributed by atoms with Crippen LogP contribution < -0.4 is 16.0 Å². The highest BCUT2D eigenvalue weighted by molar-refractivity contribution is 9.10. The molecule has 8 heteroatoms. The lowest BCUT2D eigenvalue weighted by Crippen LogP contribution is -2.38. The Bertz CT molecular complexity index is 410. The smallest absolute Gasteiger partial charge is 0.204 e. The predicted molar refractivity (Wildman–Crippen MR) is 71.6 cm³/mol. The van der Waals surface area contributed by atoms with Crippen molar-refractivity contribution in [1.29, 1.82) is 5.26 Å². The third-order valence-electron chi connectivity index (χ3n) is 1.88. The van der Waals surface area contributed by atoms with E-state index in [2.05, 4.69) is 41.2 Å². The van der Waals surface area contributed by atoms with E-state index in [4.69, 9.17) is 5.26 Å². The summed E-state index contributed by atoms with van der Waals surface area (Å²) in [6.07, 6.45) is 1.81. The third-order valence-corrected chi connectivity index (χ3v) is 3.54. The minimum atomic E-state index is 0.476. The first-order valence-electron chi connectivity index (χ1n) is 4.93. The van der Waals surface area contributed by atoms with Gasteiger partial charge < -0.3 is 10.6 Å². The average Bonchev–Trinajstić information content (AvgIpc) is 2.73. The average molecular weight is 317 g/mol. The van der Waals surface area contributed by atoms with Gasteiger partial charge in [0, 0.05) is 32.1 Å². The van der Waals surface area contributed by atoms with Gasteiger partial charge in [0.05, 0.1) is 10.2 Å². The molecule has 0 fully saturated rings. The van der Waals surface area contributed by atoms with Crippen LogP contribution in [0.1, 0.15) is 5.69 Å². The Morgan fingerprint density at radius 2 is 2.47 bits per heavy atom. The van der Waals surface area contributed by atoms with Gasteiger partial charge in [0.2, 0.25) is 5.96 Å². The number of halogens is 1. The van der Waals surface area contributed by atoms with E-state index in [1.54, 1.807) is 7.05 Å². The second-order valence-electron chi connectivity index (χ2n) is 3.02. The number of nitrogens with zero attached hydrogens (tertiary/aromatic N) is 3. The molecule has 6 nitrogen and oxygen atoms in total. The molecule has 0 atom stereocenters. The van der Waals surface area contributed by atoms with Crippen molar-refractivity contribution in [3.63, 3.8) is 0 Å². The molecule has 0 aromatic carbocycles. The summed E-state index contributed by atoms with van der Waals surface area (Å²) in [7, 11) is 1.62. The predicted octanol–water partition coefficient (Wildman–Crippen LogP) is 0.641. The van der Waals surface area contributed by atoms with Crippen molar-refractivity contribution in [2.45, 2.75) is 6.54 Å². The molecule has 0 spiro atoms. The van der Waals surface area contributed by atoms with Gasteiger partial charge in [0.15, 0.2) is 6.19 Å². The quantitative estimate of drug-likeness (QED) is 0.244. The molecule has 1 aromatic heterocycles. The van der Waals surface area contributed by atoms with Crippen molar-refractivity contribution < 1.29 is 0 Å². The Morgan fingerprint density at radius 1 is 1.65 bits per heavy atom. The van der Waals surface area contributed by atoms with Crippen LogP contribution in [0, 0.1) is 11.5 Å². The maximum absolute atomic E-state index is 8.42. The van der Waals surface area contributed by atoms with Crippen LogP contribution in [-0.4, -0.2) is 30.5 Å². The summed E-state index contributed by atoms with van der Waals surface area (Å²) in [6.45, 7) is 2.16. The zero-order valence-corrected chi connectivity index (χ0v) is 11.7. The summed E-state index contributed by atoms with van der Waals surface area (Å²) in [5.74, 6) is 0.476. The van der Waals surface area contributed by atoms with Gasteiger partial charge in [-0.15, -0.1) is 0 Å². The molecule has 0 aliphatic rings. The molecule has 0 aliphatic carbocycles. The molecule has 92 valence electrons. The standard InChI is InChI=1S/C9H13BrN6S/c1-12-9(15-6-11)14-3-2-13-4-8-7(10)5-17-16-8/h5,13H,2-4H2,1H3,(H2,12,14,15). The van der Waals surface area contributed by atoms with E-state index in [-0.39, 0.29) is 0 Å². The molecule has 0 saturated heterocycles. The fraction of sp³-hybridized carbons (Fsp3) is 0.444. The lowest BCUT2D eigenvalue weighted by molar-refractivity contribution is 0.661. The van der Waals surface area contributed by atoms with E-state index in [0.29, 0.717) is 12.5 Å². The van der Waals surface area contributed by atoms with Crippen molar-refractivity contribution in [2.24, 2.45) is 4.99 Å². The molecule has 0 radical (unpaired) electrons. The van der Waals surface area contributed by atoms with Crippen LogP contribution >= 0.6 is 27.5 Å². The molecule has 0 amide bonds. The zero-order chi connectivity index (χ0) is 12.5. The fourth-order valence-electron chi connectivity index (χ4n) is 1.07. The number of hydrogen-bond donors (Lipinski definition) is 3. The third kappa shape index (κ3) is 5.12. The van der Waals surface area contributed by atoms with Gasteiger partial charge in [-0.2, -0.15) is 9.64 Å². The van der Waals surface area contributed by atoms with E-state index in [1.807, 2.05) is 11.6 Å². The molecule has 0 unspecified atom stereocenters. The van der Waals surface area contributed by atoms with Crippen molar-refractivity contribution >= 4 is 33.4 Å². The maximum atomic E-state index is 8.42. The molecule has 17 heavy (non-hydrogen) atoms. The molecule has 0 saturated carbocycles. The highest BCUT2D eigenvalue weighted by Gasteiger charge is 2.01. The number of aromatic nitrogens is 1. The largest absolute Gasteiger partial charge is 0.354 e. The summed E-state index contributed by atoms with van der Waals surface area (Å²) in [5.41, 5.74) is 1.01. The second-order valence-corrected chi connectivity index (χ2v) is 4.51. The molecule has 0 aliphatic heterocycles. The van der Waals surface area contributed by atoms with E-state index in [1.165, 1.54) is 11.5 Å². The van der Waals surface area contributed by atoms with Gasteiger partial charge >= 0.3 is 0 Å². The van der Waals surface area contributed by atoms with Gasteiger partial charge in [0.25, 0.3) is 0 Å². The summed E-state index contributed by atoms with van der Waals surface area (Å²) >= 11 is 4.84. The summed E-state index contributed by atoms with van der Waals surface area (Å²) in [6, 6.07) is 0. The van der Waals surface area contributed by atoms with Crippen molar-refractivity contribution in [3.8, 4) is 6.19 Å².